The molecule has 3 nitrogen and oxygen atoms in total. The molecule has 1 saturated carbocycles. The van der Waals surface area contributed by atoms with Crippen LogP contribution in [0.4, 0.5) is 4.79 Å². The van der Waals surface area contributed by atoms with Crippen LogP contribution in [0, 0.1) is 12.3 Å². The molecule has 1 aliphatic carbocycles. The zero-order valence-corrected chi connectivity index (χ0v) is 9.60. The van der Waals surface area contributed by atoms with Gasteiger partial charge in [-0.15, -0.1) is 12.3 Å². The molecule has 1 fully saturated rings. The van der Waals surface area contributed by atoms with E-state index in [-0.39, 0.29) is 17.6 Å². The molecule has 2 N–H and O–H groups in total. The number of hydrogen-bond donors (Lipinski definition) is 2. The van der Waals surface area contributed by atoms with Crippen LogP contribution >= 0.6 is 0 Å². The summed E-state index contributed by atoms with van der Waals surface area (Å²) >= 11 is 0. The SMILES string of the molecule is C#CC[C@H](CC)NC(=O)NC1(C)CCC1. The van der Waals surface area contributed by atoms with E-state index in [0.29, 0.717) is 6.42 Å². The summed E-state index contributed by atoms with van der Waals surface area (Å²) in [4.78, 5) is 11.6. The number of urea groups is 1. The van der Waals surface area contributed by atoms with E-state index in [1.165, 1.54) is 6.42 Å². The third-order valence-electron chi connectivity index (χ3n) is 3.06. The van der Waals surface area contributed by atoms with Crippen LogP contribution < -0.4 is 10.6 Å². The minimum atomic E-state index is -0.0840. The highest BCUT2D eigenvalue weighted by atomic mass is 16.2. The minimum Gasteiger partial charge on any atom is -0.334 e. The Hall–Kier alpha value is -1.17. The third kappa shape index (κ3) is 3.47. The van der Waals surface area contributed by atoms with Gasteiger partial charge in [0.25, 0.3) is 0 Å². The lowest BCUT2D eigenvalue weighted by Crippen LogP contribution is -2.55. The van der Waals surface area contributed by atoms with Crippen molar-refractivity contribution in [3.05, 3.63) is 0 Å². The predicted molar refractivity (Wildman–Crippen MR) is 61.5 cm³/mol. The Labute approximate surface area is 92.0 Å². The van der Waals surface area contributed by atoms with Crippen molar-refractivity contribution in [2.24, 2.45) is 0 Å². The molecule has 84 valence electrons. The van der Waals surface area contributed by atoms with Gasteiger partial charge in [0.2, 0.25) is 0 Å². The second-order valence-corrected chi connectivity index (χ2v) is 4.53. The van der Waals surface area contributed by atoms with Gasteiger partial charge in [0, 0.05) is 18.0 Å². The molecule has 0 bridgehead atoms. The fourth-order valence-corrected chi connectivity index (χ4v) is 1.77. The van der Waals surface area contributed by atoms with Gasteiger partial charge >= 0.3 is 6.03 Å². The molecular weight excluding hydrogens is 188 g/mol. The second kappa shape index (κ2) is 5.06. The Morgan fingerprint density at radius 2 is 2.27 bits per heavy atom. The van der Waals surface area contributed by atoms with E-state index < -0.39 is 0 Å². The van der Waals surface area contributed by atoms with Crippen molar-refractivity contribution in [3.8, 4) is 12.3 Å². The maximum absolute atomic E-state index is 11.6. The van der Waals surface area contributed by atoms with Crippen molar-refractivity contribution in [2.75, 3.05) is 0 Å². The van der Waals surface area contributed by atoms with Crippen molar-refractivity contribution in [3.63, 3.8) is 0 Å². The topological polar surface area (TPSA) is 41.1 Å². The Kier molecular flexibility index (Phi) is 4.02. The fraction of sp³-hybridized carbons (Fsp3) is 0.750. The average Bonchev–Trinajstić information content (AvgIpc) is 2.14. The summed E-state index contributed by atoms with van der Waals surface area (Å²) in [6.45, 7) is 4.10. The van der Waals surface area contributed by atoms with Crippen LogP contribution in [-0.4, -0.2) is 17.6 Å². The molecule has 0 aromatic carbocycles. The molecule has 1 atom stereocenters. The number of nitrogens with one attached hydrogen (secondary N) is 2. The summed E-state index contributed by atoms with van der Waals surface area (Å²) in [5, 5.41) is 5.90. The Morgan fingerprint density at radius 1 is 1.60 bits per heavy atom. The van der Waals surface area contributed by atoms with Gasteiger partial charge in [-0.2, -0.15) is 0 Å². The van der Waals surface area contributed by atoms with Gasteiger partial charge in [-0.25, -0.2) is 4.79 Å². The van der Waals surface area contributed by atoms with Gasteiger partial charge in [-0.1, -0.05) is 6.92 Å². The second-order valence-electron chi connectivity index (χ2n) is 4.53. The maximum Gasteiger partial charge on any atom is 0.315 e. The van der Waals surface area contributed by atoms with Gasteiger partial charge in [-0.05, 0) is 32.6 Å². The largest absolute Gasteiger partial charge is 0.334 e. The molecule has 0 spiro atoms. The Morgan fingerprint density at radius 3 is 2.67 bits per heavy atom. The molecule has 0 unspecified atom stereocenters. The molecule has 0 saturated heterocycles. The van der Waals surface area contributed by atoms with E-state index in [1.54, 1.807) is 0 Å². The monoisotopic (exact) mass is 208 g/mol. The molecule has 0 heterocycles. The van der Waals surface area contributed by atoms with Crippen molar-refractivity contribution in [2.45, 2.75) is 57.5 Å². The molecule has 1 rings (SSSR count). The van der Waals surface area contributed by atoms with Crippen molar-refractivity contribution < 1.29 is 4.79 Å². The van der Waals surface area contributed by atoms with E-state index >= 15 is 0 Å². The zero-order chi connectivity index (χ0) is 11.3. The summed E-state index contributed by atoms with van der Waals surface area (Å²) in [6, 6.07) is 0.0120. The molecule has 15 heavy (non-hydrogen) atoms. The molecule has 0 aromatic heterocycles. The van der Waals surface area contributed by atoms with E-state index in [4.69, 9.17) is 6.42 Å². The molecular formula is C12H20N2O. The van der Waals surface area contributed by atoms with E-state index in [0.717, 1.165) is 19.3 Å². The van der Waals surface area contributed by atoms with Crippen molar-refractivity contribution in [1.29, 1.82) is 0 Å². The summed E-state index contributed by atoms with van der Waals surface area (Å²) in [6.07, 6.45) is 10.0. The highest BCUT2D eigenvalue weighted by Gasteiger charge is 2.33. The molecule has 0 aromatic rings. The summed E-state index contributed by atoms with van der Waals surface area (Å²) in [5.41, 5.74) is 0.0124. The smallest absolute Gasteiger partial charge is 0.315 e. The first-order valence-electron chi connectivity index (χ1n) is 5.62. The number of carbonyl (C=O) groups is 1. The quantitative estimate of drug-likeness (QED) is 0.682. The fourth-order valence-electron chi connectivity index (χ4n) is 1.77. The summed E-state index contributed by atoms with van der Waals surface area (Å²) in [5.74, 6) is 2.57. The molecule has 1 aliphatic rings. The lowest BCUT2D eigenvalue weighted by Gasteiger charge is -2.39. The van der Waals surface area contributed by atoms with Gasteiger partial charge in [-0.3, -0.25) is 0 Å². The Balaban J connectivity index is 2.31. The van der Waals surface area contributed by atoms with Crippen LogP contribution in [0.1, 0.15) is 46.0 Å². The standard InChI is InChI=1S/C12H20N2O/c1-4-7-10(5-2)13-11(15)14-12(3)8-6-9-12/h1,10H,5-9H2,2-3H3,(H2,13,14,15)/t10-/m0/s1. The van der Waals surface area contributed by atoms with Crippen molar-refractivity contribution in [1.82, 2.24) is 10.6 Å². The Bertz CT molecular complexity index is 263. The van der Waals surface area contributed by atoms with Gasteiger partial charge in [0.15, 0.2) is 0 Å². The normalized spacial score (nSPS) is 19.5. The molecule has 2 amide bonds. The lowest BCUT2D eigenvalue weighted by molar-refractivity contribution is 0.188. The number of hydrogen-bond acceptors (Lipinski definition) is 1. The number of amides is 2. The highest BCUT2D eigenvalue weighted by molar-refractivity contribution is 5.75. The van der Waals surface area contributed by atoms with Gasteiger partial charge in [0.1, 0.15) is 0 Å². The van der Waals surface area contributed by atoms with Gasteiger partial charge in [0.05, 0.1) is 0 Å². The van der Waals surface area contributed by atoms with Crippen molar-refractivity contribution >= 4 is 6.03 Å². The predicted octanol–water partition coefficient (Wildman–Crippen LogP) is 2.03. The molecule has 3 heteroatoms. The van der Waals surface area contributed by atoms with Crippen LogP contribution in [0.3, 0.4) is 0 Å². The highest BCUT2D eigenvalue weighted by Crippen LogP contribution is 2.30. The van der Waals surface area contributed by atoms with E-state index in [1.807, 2.05) is 6.92 Å². The van der Waals surface area contributed by atoms with Crippen LogP contribution in [0.2, 0.25) is 0 Å². The maximum atomic E-state index is 11.6. The first-order valence-corrected chi connectivity index (χ1v) is 5.62. The van der Waals surface area contributed by atoms with Gasteiger partial charge < -0.3 is 10.6 Å². The van der Waals surface area contributed by atoms with E-state index in [9.17, 15) is 4.79 Å². The zero-order valence-electron chi connectivity index (χ0n) is 9.60. The van der Waals surface area contributed by atoms with Crippen LogP contribution in [-0.2, 0) is 0 Å². The van der Waals surface area contributed by atoms with Crippen LogP contribution in [0.15, 0.2) is 0 Å². The lowest BCUT2D eigenvalue weighted by atomic mass is 9.79. The number of rotatable bonds is 4. The minimum absolute atomic E-state index is 0.0124. The van der Waals surface area contributed by atoms with Crippen LogP contribution in [0.5, 0.6) is 0 Å². The first kappa shape index (κ1) is 11.9. The summed E-state index contributed by atoms with van der Waals surface area (Å²) < 4.78 is 0. The number of carbonyl (C=O) groups excluding carboxylic acids is 1. The molecule has 0 radical (unpaired) electrons. The summed E-state index contributed by atoms with van der Waals surface area (Å²) in [7, 11) is 0. The number of terminal acetylenes is 1. The average molecular weight is 208 g/mol. The third-order valence-corrected chi connectivity index (χ3v) is 3.06. The molecule has 0 aliphatic heterocycles. The van der Waals surface area contributed by atoms with E-state index in [2.05, 4.69) is 23.5 Å². The first-order chi connectivity index (χ1) is 7.09. The van der Waals surface area contributed by atoms with Crippen LogP contribution in [0.25, 0.3) is 0 Å².